The molecule has 18 heavy (non-hydrogen) atoms. The molecule has 1 heterocycles. The van der Waals surface area contributed by atoms with Gasteiger partial charge in [-0.15, -0.1) is 0 Å². The van der Waals surface area contributed by atoms with Crippen LogP contribution < -0.4 is 4.72 Å². The van der Waals surface area contributed by atoms with Gasteiger partial charge in [0.2, 0.25) is 0 Å². The predicted molar refractivity (Wildman–Crippen MR) is 63.5 cm³/mol. The van der Waals surface area contributed by atoms with Gasteiger partial charge in [-0.25, -0.2) is 17.2 Å². The molecule has 0 unspecified atom stereocenters. The number of H-pyrrole nitrogens is 1. The lowest BCUT2D eigenvalue weighted by molar-refractivity contribution is 0.581. The maximum Gasteiger partial charge on any atom is 0.265 e. The molecule has 1 aromatic carbocycles. The number of halogens is 3. The molecule has 0 atom stereocenters. The van der Waals surface area contributed by atoms with E-state index in [9.17, 15) is 17.2 Å². The van der Waals surface area contributed by atoms with Crippen molar-refractivity contribution in [2.45, 2.75) is 4.90 Å². The van der Waals surface area contributed by atoms with Crippen LogP contribution in [0.2, 0.25) is 0 Å². The number of hydrogen-bond donors (Lipinski definition) is 2. The number of benzene rings is 1. The van der Waals surface area contributed by atoms with Crippen molar-refractivity contribution < 1.29 is 17.2 Å². The van der Waals surface area contributed by atoms with Crippen molar-refractivity contribution >= 4 is 31.6 Å². The minimum absolute atomic E-state index is 0.0351. The second-order valence-electron chi connectivity index (χ2n) is 3.28. The first-order chi connectivity index (χ1) is 8.40. The summed E-state index contributed by atoms with van der Waals surface area (Å²) in [4.78, 5) is -0.155. The van der Waals surface area contributed by atoms with Gasteiger partial charge in [-0.1, -0.05) is 0 Å². The number of anilines is 1. The van der Waals surface area contributed by atoms with Crippen LogP contribution in [0.4, 0.5) is 14.5 Å². The summed E-state index contributed by atoms with van der Waals surface area (Å²) in [6.07, 6.45) is 2.20. The van der Waals surface area contributed by atoms with E-state index in [1.807, 2.05) is 4.72 Å². The Morgan fingerprint density at radius 3 is 2.61 bits per heavy atom. The van der Waals surface area contributed by atoms with Crippen molar-refractivity contribution in [2.24, 2.45) is 0 Å². The van der Waals surface area contributed by atoms with E-state index in [0.29, 0.717) is 6.07 Å². The van der Waals surface area contributed by atoms with Crippen LogP contribution in [0.15, 0.2) is 33.9 Å². The van der Waals surface area contributed by atoms with Gasteiger partial charge in [0.1, 0.15) is 10.7 Å². The van der Waals surface area contributed by atoms with Gasteiger partial charge in [-0.3, -0.25) is 9.82 Å². The lowest BCUT2D eigenvalue weighted by Gasteiger charge is -2.09. The quantitative estimate of drug-likeness (QED) is 0.901. The summed E-state index contributed by atoms with van der Waals surface area (Å²) in [5.74, 6) is -1.83. The number of aromatic amines is 1. The molecule has 0 radical (unpaired) electrons. The number of sulfonamides is 1. The van der Waals surface area contributed by atoms with Crippen LogP contribution in [-0.4, -0.2) is 18.6 Å². The van der Waals surface area contributed by atoms with Gasteiger partial charge in [0.05, 0.1) is 11.9 Å². The van der Waals surface area contributed by atoms with Gasteiger partial charge in [-0.05, 0) is 22.0 Å². The monoisotopic (exact) mass is 337 g/mol. The van der Waals surface area contributed by atoms with E-state index < -0.39 is 21.7 Å². The van der Waals surface area contributed by atoms with Crippen LogP contribution in [-0.2, 0) is 10.0 Å². The molecule has 0 bridgehead atoms. The molecule has 5 nitrogen and oxygen atoms in total. The summed E-state index contributed by atoms with van der Waals surface area (Å²) in [5.41, 5.74) is -0.363. The Labute approximate surface area is 109 Å². The maximum absolute atomic E-state index is 13.5. The maximum atomic E-state index is 13.5. The van der Waals surface area contributed by atoms with Crippen LogP contribution in [0.5, 0.6) is 0 Å². The third kappa shape index (κ3) is 2.51. The summed E-state index contributed by atoms with van der Waals surface area (Å²) in [6, 6.07) is 1.54. The Kier molecular flexibility index (Phi) is 3.35. The predicted octanol–water partition coefficient (Wildman–Crippen LogP) is 2.25. The normalized spacial score (nSPS) is 11.5. The smallest absolute Gasteiger partial charge is 0.265 e. The average molecular weight is 338 g/mol. The first-order valence-corrected chi connectivity index (χ1v) is 6.84. The lowest BCUT2D eigenvalue weighted by atomic mass is 10.3. The van der Waals surface area contributed by atoms with Crippen molar-refractivity contribution in [2.75, 3.05) is 4.72 Å². The fourth-order valence-electron chi connectivity index (χ4n) is 1.22. The second kappa shape index (κ2) is 4.65. The van der Waals surface area contributed by atoms with Crippen LogP contribution in [0.1, 0.15) is 0 Å². The van der Waals surface area contributed by atoms with E-state index in [2.05, 4.69) is 26.1 Å². The zero-order valence-corrected chi connectivity index (χ0v) is 11.0. The largest absolute Gasteiger partial charge is 0.284 e. The zero-order chi connectivity index (χ0) is 13.3. The zero-order valence-electron chi connectivity index (χ0n) is 8.62. The Bertz CT molecular complexity index is 650. The summed E-state index contributed by atoms with van der Waals surface area (Å²) in [7, 11) is -3.96. The van der Waals surface area contributed by atoms with E-state index in [-0.39, 0.29) is 15.1 Å². The first kappa shape index (κ1) is 13.0. The molecule has 2 N–H and O–H groups in total. The second-order valence-corrected chi connectivity index (χ2v) is 5.82. The molecule has 2 aromatic rings. The highest BCUT2D eigenvalue weighted by Crippen LogP contribution is 2.28. The first-order valence-electron chi connectivity index (χ1n) is 4.56. The van der Waals surface area contributed by atoms with E-state index in [4.69, 9.17) is 0 Å². The topological polar surface area (TPSA) is 74.8 Å². The molecule has 0 saturated heterocycles. The number of nitrogens with one attached hydrogen (secondary N) is 2. The Morgan fingerprint density at radius 2 is 2.06 bits per heavy atom. The van der Waals surface area contributed by atoms with Gasteiger partial charge in [0.15, 0.2) is 5.82 Å². The summed E-state index contributed by atoms with van der Waals surface area (Å²) >= 11 is 2.88. The van der Waals surface area contributed by atoms with Crippen molar-refractivity contribution in [1.82, 2.24) is 10.2 Å². The number of hydrogen-bond acceptors (Lipinski definition) is 3. The average Bonchev–Trinajstić information content (AvgIpc) is 2.77. The fourth-order valence-corrected chi connectivity index (χ4v) is 2.85. The third-order valence-corrected chi connectivity index (χ3v) is 3.97. The highest BCUT2D eigenvalue weighted by molar-refractivity contribution is 9.10. The van der Waals surface area contributed by atoms with Gasteiger partial charge >= 0.3 is 0 Å². The third-order valence-electron chi connectivity index (χ3n) is 2.03. The molecule has 1 aromatic heterocycles. The highest BCUT2D eigenvalue weighted by Gasteiger charge is 2.19. The summed E-state index contributed by atoms with van der Waals surface area (Å²) in [6.45, 7) is 0. The number of aromatic nitrogens is 2. The van der Waals surface area contributed by atoms with Gasteiger partial charge in [0, 0.05) is 16.7 Å². The van der Waals surface area contributed by atoms with E-state index in [0.717, 1.165) is 18.5 Å². The van der Waals surface area contributed by atoms with Crippen LogP contribution >= 0.6 is 15.9 Å². The summed E-state index contributed by atoms with van der Waals surface area (Å²) in [5, 5.41) is 5.80. The van der Waals surface area contributed by atoms with Gasteiger partial charge < -0.3 is 0 Å². The van der Waals surface area contributed by atoms with Crippen LogP contribution in [0, 0.1) is 11.6 Å². The van der Waals surface area contributed by atoms with Crippen LogP contribution in [0.25, 0.3) is 0 Å². The van der Waals surface area contributed by atoms with Gasteiger partial charge in [0.25, 0.3) is 10.0 Å². The highest BCUT2D eigenvalue weighted by atomic mass is 79.9. The number of rotatable bonds is 3. The molecule has 2 rings (SSSR count). The molecule has 9 heteroatoms. The molecule has 0 aliphatic heterocycles. The Balaban J connectivity index is 2.42. The minimum atomic E-state index is -3.96. The van der Waals surface area contributed by atoms with Crippen molar-refractivity contribution in [1.29, 1.82) is 0 Å². The molecule has 0 aliphatic carbocycles. The summed E-state index contributed by atoms with van der Waals surface area (Å²) < 4.78 is 51.9. The molecular weight excluding hydrogens is 332 g/mol. The Hall–Kier alpha value is -1.48. The number of nitrogens with zero attached hydrogens (tertiary/aromatic N) is 1. The molecule has 0 saturated carbocycles. The van der Waals surface area contributed by atoms with Crippen molar-refractivity contribution in [3.05, 3.63) is 40.6 Å². The van der Waals surface area contributed by atoms with E-state index >= 15 is 0 Å². The fraction of sp³-hybridized carbons (Fsp3) is 0. The van der Waals surface area contributed by atoms with Crippen molar-refractivity contribution in [3.8, 4) is 0 Å². The SMILES string of the molecule is O=S(=O)(Nc1c(F)cc(F)cc1Br)c1cn[nH]c1. The van der Waals surface area contributed by atoms with E-state index in [1.165, 1.54) is 0 Å². The van der Waals surface area contributed by atoms with Crippen molar-refractivity contribution in [3.63, 3.8) is 0 Å². The lowest BCUT2D eigenvalue weighted by Crippen LogP contribution is -2.14. The standard InChI is InChI=1S/C9H6BrF2N3O2S/c10-7-1-5(11)2-8(12)9(7)15-18(16,17)6-3-13-14-4-6/h1-4,15H,(H,13,14). The van der Waals surface area contributed by atoms with E-state index in [1.54, 1.807) is 0 Å². The molecular formula is C9H6BrF2N3O2S. The Morgan fingerprint density at radius 1 is 1.33 bits per heavy atom. The molecule has 0 aliphatic rings. The molecule has 96 valence electrons. The minimum Gasteiger partial charge on any atom is -0.284 e. The van der Waals surface area contributed by atoms with Crippen LogP contribution in [0.3, 0.4) is 0 Å². The molecule has 0 fully saturated rings. The van der Waals surface area contributed by atoms with Gasteiger partial charge in [-0.2, -0.15) is 5.10 Å². The molecule has 0 spiro atoms. The molecule has 0 amide bonds.